The summed E-state index contributed by atoms with van der Waals surface area (Å²) in [5.74, 6) is -2.98. The Morgan fingerprint density at radius 1 is 1.29 bits per heavy atom. The van der Waals surface area contributed by atoms with E-state index in [4.69, 9.17) is 5.11 Å². The van der Waals surface area contributed by atoms with E-state index < -0.39 is 54.1 Å². The number of hydrogen-bond donors (Lipinski definition) is 4. The third-order valence-electron chi connectivity index (χ3n) is 3.37. The fourth-order valence-electron chi connectivity index (χ4n) is 2.25. The predicted octanol–water partition coefficient (Wildman–Crippen LogP) is -3.20. The van der Waals surface area contributed by atoms with Gasteiger partial charge in [-0.3, -0.25) is 29.4 Å². The predicted molar refractivity (Wildman–Crippen MR) is 65.2 cm³/mol. The number of nitrogens with zero attached hydrogens (tertiary/aromatic N) is 1. The van der Waals surface area contributed by atoms with Gasteiger partial charge in [-0.2, -0.15) is 0 Å². The molecule has 2 aliphatic heterocycles. The fraction of sp³-hybridized carbons (Fsp3) is 0.500. The van der Waals surface area contributed by atoms with Crippen molar-refractivity contribution in [2.24, 2.45) is 0 Å². The van der Waals surface area contributed by atoms with Crippen LogP contribution in [0, 0.1) is 0 Å². The first kappa shape index (κ1) is 15.3. The minimum atomic E-state index is -1.73. The van der Waals surface area contributed by atoms with Crippen LogP contribution in [0.1, 0.15) is 12.8 Å². The lowest BCUT2D eigenvalue weighted by atomic mass is 10.0. The first-order valence-corrected chi connectivity index (χ1v) is 6.26. The summed E-state index contributed by atoms with van der Waals surface area (Å²) in [6.45, 7) is -0.793. The van der Waals surface area contributed by atoms with Gasteiger partial charge in [-0.1, -0.05) is 0 Å². The zero-order chi connectivity index (χ0) is 15.7. The van der Waals surface area contributed by atoms with Gasteiger partial charge in [0.2, 0.25) is 11.8 Å². The quantitative estimate of drug-likeness (QED) is 0.400. The van der Waals surface area contributed by atoms with E-state index >= 15 is 0 Å². The van der Waals surface area contributed by atoms with Crippen LogP contribution in [0.2, 0.25) is 0 Å². The molecule has 9 nitrogen and oxygen atoms in total. The molecule has 0 saturated carbocycles. The van der Waals surface area contributed by atoms with E-state index in [1.807, 2.05) is 5.32 Å². The monoisotopic (exact) mass is 298 g/mol. The third kappa shape index (κ3) is 2.71. The van der Waals surface area contributed by atoms with Gasteiger partial charge in [0.1, 0.15) is 18.2 Å². The molecule has 0 bridgehead atoms. The van der Waals surface area contributed by atoms with Gasteiger partial charge in [-0.25, -0.2) is 0 Å². The number of aliphatic hydroxyl groups is 3. The van der Waals surface area contributed by atoms with Crippen molar-refractivity contribution >= 4 is 23.6 Å². The Balaban J connectivity index is 2.18. The van der Waals surface area contributed by atoms with Crippen LogP contribution >= 0.6 is 0 Å². The summed E-state index contributed by atoms with van der Waals surface area (Å²) in [7, 11) is 0. The molecule has 0 radical (unpaired) electrons. The zero-order valence-electron chi connectivity index (χ0n) is 10.9. The maximum atomic E-state index is 12.1. The molecule has 114 valence electrons. The number of carbonyl (C=O) groups excluding carboxylic acids is 4. The Morgan fingerprint density at radius 3 is 2.52 bits per heavy atom. The van der Waals surface area contributed by atoms with Crippen molar-refractivity contribution in [1.29, 1.82) is 0 Å². The summed E-state index contributed by atoms with van der Waals surface area (Å²) < 4.78 is 0. The van der Waals surface area contributed by atoms with Gasteiger partial charge < -0.3 is 15.3 Å². The molecule has 3 unspecified atom stereocenters. The van der Waals surface area contributed by atoms with E-state index in [2.05, 4.69) is 0 Å². The average Bonchev–Trinajstić information content (AvgIpc) is 2.73. The van der Waals surface area contributed by atoms with Gasteiger partial charge >= 0.3 is 0 Å². The second-order valence-corrected chi connectivity index (χ2v) is 4.77. The number of hydrogen-bond acceptors (Lipinski definition) is 7. The van der Waals surface area contributed by atoms with E-state index in [9.17, 15) is 29.4 Å². The Hall–Kier alpha value is -2.10. The van der Waals surface area contributed by atoms with Gasteiger partial charge in [0.15, 0.2) is 0 Å². The van der Waals surface area contributed by atoms with Crippen molar-refractivity contribution in [3.63, 3.8) is 0 Å². The molecular formula is C12H14N2O7. The molecule has 1 fully saturated rings. The van der Waals surface area contributed by atoms with Crippen molar-refractivity contribution in [3.05, 3.63) is 11.6 Å². The minimum Gasteiger partial charge on any atom is -0.394 e. The molecule has 2 heterocycles. The highest BCUT2D eigenvalue weighted by atomic mass is 16.4. The molecule has 1 saturated heterocycles. The van der Waals surface area contributed by atoms with Crippen LogP contribution in [0.25, 0.3) is 0 Å². The summed E-state index contributed by atoms with van der Waals surface area (Å²) >= 11 is 0. The second kappa shape index (κ2) is 5.72. The lowest BCUT2D eigenvalue weighted by Gasteiger charge is -2.28. The molecule has 4 N–H and O–H groups in total. The molecule has 0 aromatic heterocycles. The van der Waals surface area contributed by atoms with Crippen molar-refractivity contribution in [2.45, 2.75) is 31.1 Å². The van der Waals surface area contributed by atoms with Crippen LogP contribution in [0.4, 0.5) is 0 Å². The van der Waals surface area contributed by atoms with Crippen molar-refractivity contribution in [2.75, 3.05) is 6.61 Å². The van der Waals surface area contributed by atoms with E-state index in [0.717, 1.165) is 6.08 Å². The van der Waals surface area contributed by atoms with E-state index in [1.165, 1.54) is 0 Å². The van der Waals surface area contributed by atoms with E-state index in [-0.39, 0.29) is 12.8 Å². The normalized spacial score (nSPS) is 25.8. The molecule has 0 aromatic carbocycles. The largest absolute Gasteiger partial charge is 0.394 e. The highest BCUT2D eigenvalue weighted by molar-refractivity contribution is 6.19. The van der Waals surface area contributed by atoms with Crippen LogP contribution in [-0.2, 0) is 19.2 Å². The average molecular weight is 298 g/mol. The van der Waals surface area contributed by atoms with Gasteiger partial charge in [0.05, 0.1) is 12.2 Å². The van der Waals surface area contributed by atoms with Crippen LogP contribution < -0.4 is 5.32 Å². The van der Waals surface area contributed by atoms with Crippen molar-refractivity contribution in [3.8, 4) is 0 Å². The van der Waals surface area contributed by atoms with Crippen LogP contribution in [-0.4, -0.2) is 68.7 Å². The number of piperidine rings is 1. The van der Waals surface area contributed by atoms with Gasteiger partial charge in [0.25, 0.3) is 11.8 Å². The first-order chi connectivity index (χ1) is 9.86. The lowest BCUT2D eigenvalue weighted by Crippen LogP contribution is -2.55. The molecule has 0 aliphatic carbocycles. The standard InChI is InChI=1S/C12H14N2O7/c15-4-7(16)10(19)5-3-9(18)14(12(5)21)6-1-2-8(17)13-11(6)20/h3,6-7,10,15-16,19H,1-2,4H2,(H,13,17,20). The highest BCUT2D eigenvalue weighted by Crippen LogP contribution is 2.24. The maximum Gasteiger partial charge on any atom is 0.260 e. The maximum absolute atomic E-state index is 12.1. The van der Waals surface area contributed by atoms with Crippen LogP contribution in [0.15, 0.2) is 11.6 Å². The zero-order valence-corrected chi connectivity index (χ0v) is 10.9. The molecular weight excluding hydrogens is 284 g/mol. The lowest BCUT2D eigenvalue weighted by molar-refractivity contribution is -0.150. The minimum absolute atomic E-state index is 0.00190. The Morgan fingerprint density at radius 2 is 1.95 bits per heavy atom. The molecule has 3 atom stereocenters. The fourth-order valence-corrected chi connectivity index (χ4v) is 2.25. The molecule has 9 heteroatoms. The van der Waals surface area contributed by atoms with Crippen LogP contribution in [0.3, 0.4) is 0 Å². The number of amides is 4. The summed E-state index contributed by atoms with van der Waals surface area (Å²) in [5, 5.41) is 29.8. The summed E-state index contributed by atoms with van der Waals surface area (Å²) in [6.07, 6.45) is -2.54. The Labute approximate surface area is 118 Å². The number of aliphatic hydroxyl groups excluding tert-OH is 3. The highest BCUT2D eigenvalue weighted by Gasteiger charge is 2.44. The van der Waals surface area contributed by atoms with E-state index in [1.54, 1.807) is 0 Å². The van der Waals surface area contributed by atoms with Crippen molar-refractivity contribution in [1.82, 2.24) is 10.2 Å². The van der Waals surface area contributed by atoms with E-state index in [0.29, 0.717) is 4.90 Å². The third-order valence-corrected chi connectivity index (χ3v) is 3.37. The van der Waals surface area contributed by atoms with Crippen molar-refractivity contribution < 1.29 is 34.5 Å². The molecule has 2 rings (SSSR count). The molecule has 0 aromatic rings. The molecule has 2 aliphatic rings. The van der Waals surface area contributed by atoms with Gasteiger partial charge in [0, 0.05) is 12.5 Å². The summed E-state index contributed by atoms with van der Waals surface area (Å²) in [5.41, 5.74) is -0.397. The number of imide groups is 2. The number of rotatable bonds is 4. The molecule has 4 amide bonds. The summed E-state index contributed by atoms with van der Waals surface area (Å²) in [6, 6.07) is -1.13. The second-order valence-electron chi connectivity index (χ2n) is 4.77. The Bertz CT molecular complexity index is 542. The SMILES string of the molecule is O=C1CCC(N2C(=O)C=C(C(O)C(O)CO)C2=O)C(=O)N1. The number of carbonyl (C=O) groups is 4. The van der Waals surface area contributed by atoms with Crippen LogP contribution in [0.5, 0.6) is 0 Å². The molecule has 21 heavy (non-hydrogen) atoms. The first-order valence-electron chi connectivity index (χ1n) is 6.26. The molecule has 0 spiro atoms. The topological polar surface area (TPSA) is 144 Å². The summed E-state index contributed by atoms with van der Waals surface area (Å²) in [4.78, 5) is 47.4. The van der Waals surface area contributed by atoms with Gasteiger partial charge in [-0.15, -0.1) is 0 Å². The Kier molecular flexibility index (Phi) is 4.16. The number of nitrogens with one attached hydrogen (secondary N) is 1. The smallest absolute Gasteiger partial charge is 0.260 e. The van der Waals surface area contributed by atoms with Gasteiger partial charge in [-0.05, 0) is 6.42 Å².